The van der Waals surface area contributed by atoms with E-state index in [4.69, 9.17) is 4.52 Å². The van der Waals surface area contributed by atoms with Gasteiger partial charge in [0.2, 0.25) is 5.89 Å². The Labute approximate surface area is 138 Å². The number of benzene rings is 1. The van der Waals surface area contributed by atoms with Gasteiger partial charge in [-0.3, -0.25) is 0 Å². The van der Waals surface area contributed by atoms with Crippen molar-refractivity contribution in [2.45, 2.75) is 63.5 Å². The zero-order valence-corrected chi connectivity index (χ0v) is 15.4. The van der Waals surface area contributed by atoms with Crippen LogP contribution in [0.1, 0.15) is 63.4 Å². The van der Waals surface area contributed by atoms with Crippen molar-refractivity contribution in [3.8, 4) is 0 Å². The molecule has 0 saturated carbocycles. The first-order chi connectivity index (χ1) is 10.5. The molecule has 0 unspecified atom stereocenters. The molecule has 0 amide bonds. The second-order valence-corrected chi connectivity index (χ2v) is 9.15. The SMILES string of the molecule is Cc1ccc(C(C)(C)C)cc1S(=O)(=O)Cc1noc(C(C)C)n1. The van der Waals surface area contributed by atoms with Crippen molar-refractivity contribution in [3.63, 3.8) is 0 Å². The van der Waals surface area contributed by atoms with Gasteiger partial charge in [-0.05, 0) is 29.5 Å². The highest BCUT2D eigenvalue weighted by molar-refractivity contribution is 7.90. The van der Waals surface area contributed by atoms with Gasteiger partial charge < -0.3 is 4.52 Å². The lowest BCUT2D eigenvalue weighted by Crippen LogP contribution is -2.14. The molecule has 1 aromatic carbocycles. The van der Waals surface area contributed by atoms with Crippen molar-refractivity contribution in [3.05, 3.63) is 41.0 Å². The minimum atomic E-state index is -3.52. The van der Waals surface area contributed by atoms with Gasteiger partial charge in [-0.1, -0.05) is 51.9 Å². The molecule has 0 spiro atoms. The lowest BCUT2D eigenvalue weighted by molar-refractivity contribution is 0.361. The second kappa shape index (κ2) is 6.07. The standard InChI is InChI=1S/C17H24N2O3S/c1-11(2)16-18-15(19-22-16)10-23(20,21)14-9-13(17(4,5)6)8-7-12(14)3/h7-9,11H,10H2,1-6H3. The minimum absolute atomic E-state index is 0.0740. The average molecular weight is 336 g/mol. The molecule has 0 fully saturated rings. The average Bonchev–Trinajstić information content (AvgIpc) is 2.85. The molecule has 1 aromatic heterocycles. The van der Waals surface area contributed by atoms with E-state index >= 15 is 0 Å². The molecule has 23 heavy (non-hydrogen) atoms. The van der Waals surface area contributed by atoms with Gasteiger partial charge in [0.05, 0.1) is 4.90 Å². The van der Waals surface area contributed by atoms with Gasteiger partial charge >= 0.3 is 0 Å². The van der Waals surface area contributed by atoms with Crippen molar-refractivity contribution in [2.75, 3.05) is 0 Å². The van der Waals surface area contributed by atoms with E-state index in [1.165, 1.54) is 0 Å². The first kappa shape index (κ1) is 17.7. The Morgan fingerprint density at radius 3 is 2.39 bits per heavy atom. The van der Waals surface area contributed by atoms with E-state index in [0.29, 0.717) is 10.8 Å². The maximum absolute atomic E-state index is 12.8. The molecular formula is C17H24N2O3S. The Morgan fingerprint density at radius 2 is 1.87 bits per heavy atom. The van der Waals surface area contributed by atoms with Crippen molar-refractivity contribution in [1.29, 1.82) is 0 Å². The highest BCUT2D eigenvalue weighted by atomic mass is 32.2. The molecule has 1 heterocycles. The first-order valence-corrected chi connectivity index (χ1v) is 9.32. The van der Waals surface area contributed by atoms with Crippen LogP contribution in [-0.4, -0.2) is 18.6 Å². The number of rotatable bonds is 4. The van der Waals surface area contributed by atoms with E-state index in [1.54, 1.807) is 13.0 Å². The first-order valence-electron chi connectivity index (χ1n) is 7.67. The maximum atomic E-state index is 12.8. The van der Waals surface area contributed by atoms with Crippen LogP contribution in [0.3, 0.4) is 0 Å². The molecule has 0 aliphatic carbocycles. The molecular weight excluding hydrogens is 312 g/mol. The summed E-state index contributed by atoms with van der Waals surface area (Å²) in [7, 11) is -3.52. The number of hydrogen-bond acceptors (Lipinski definition) is 5. The summed E-state index contributed by atoms with van der Waals surface area (Å²) in [6, 6.07) is 5.58. The summed E-state index contributed by atoms with van der Waals surface area (Å²) in [6.45, 7) is 11.8. The highest BCUT2D eigenvalue weighted by Gasteiger charge is 2.24. The fourth-order valence-corrected chi connectivity index (χ4v) is 3.69. The highest BCUT2D eigenvalue weighted by Crippen LogP contribution is 2.28. The van der Waals surface area contributed by atoms with E-state index in [-0.39, 0.29) is 22.9 Å². The Morgan fingerprint density at radius 1 is 1.22 bits per heavy atom. The van der Waals surface area contributed by atoms with Crippen molar-refractivity contribution < 1.29 is 12.9 Å². The summed E-state index contributed by atoms with van der Waals surface area (Å²) < 4.78 is 30.6. The molecule has 2 rings (SSSR count). The zero-order valence-electron chi connectivity index (χ0n) is 14.5. The summed E-state index contributed by atoms with van der Waals surface area (Å²) in [6.07, 6.45) is 0. The third kappa shape index (κ3) is 3.99. The number of hydrogen-bond donors (Lipinski definition) is 0. The molecule has 6 heteroatoms. The van der Waals surface area contributed by atoms with Gasteiger partial charge in [0.15, 0.2) is 15.7 Å². The molecule has 0 aliphatic rings. The number of aryl methyl sites for hydroxylation is 1. The predicted molar refractivity (Wildman–Crippen MR) is 89.2 cm³/mol. The van der Waals surface area contributed by atoms with Crippen molar-refractivity contribution in [1.82, 2.24) is 10.1 Å². The molecule has 0 bridgehead atoms. The Hall–Kier alpha value is -1.69. The molecule has 0 saturated heterocycles. The third-order valence-electron chi connectivity index (χ3n) is 3.69. The Balaban J connectivity index is 2.39. The molecule has 0 N–H and O–H groups in total. The summed E-state index contributed by atoms with van der Waals surface area (Å²) in [5, 5.41) is 3.78. The smallest absolute Gasteiger partial charge is 0.229 e. The van der Waals surface area contributed by atoms with Crippen LogP contribution in [0.25, 0.3) is 0 Å². The van der Waals surface area contributed by atoms with Gasteiger partial charge in [0.1, 0.15) is 5.75 Å². The molecule has 0 aliphatic heterocycles. The fourth-order valence-electron chi connectivity index (χ4n) is 2.21. The van der Waals surface area contributed by atoms with Crippen LogP contribution in [-0.2, 0) is 21.0 Å². The fraction of sp³-hybridized carbons (Fsp3) is 0.529. The van der Waals surface area contributed by atoms with Gasteiger partial charge in [-0.25, -0.2) is 8.42 Å². The zero-order chi connectivity index (χ0) is 17.4. The van der Waals surface area contributed by atoms with Gasteiger partial charge in [0, 0.05) is 5.92 Å². The summed E-state index contributed by atoms with van der Waals surface area (Å²) >= 11 is 0. The van der Waals surface area contributed by atoms with Gasteiger partial charge in [0.25, 0.3) is 0 Å². The van der Waals surface area contributed by atoms with Gasteiger partial charge in [-0.15, -0.1) is 0 Å². The molecule has 5 nitrogen and oxygen atoms in total. The van der Waals surface area contributed by atoms with E-state index in [1.807, 2.05) is 26.0 Å². The molecule has 2 aromatic rings. The monoisotopic (exact) mass is 336 g/mol. The maximum Gasteiger partial charge on any atom is 0.229 e. The topological polar surface area (TPSA) is 73.1 Å². The van der Waals surface area contributed by atoms with E-state index in [2.05, 4.69) is 30.9 Å². The van der Waals surface area contributed by atoms with Crippen LogP contribution in [0.4, 0.5) is 0 Å². The molecule has 0 radical (unpaired) electrons. The Kier molecular flexibility index (Phi) is 4.66. The van der Waals surface area contributed by atoms with E-state index < -0.39 is 9.84 Å². The second-order valence-electron chi connectivity index (χ2n) is 7.19. The summed E-state index contributed by atoms with van der Waals surface area (Å²) in [5.41, 5.74) is 1.60. The van der Waals surface area contributed by atoms with Crippen LogP contribution in [0.5, 0.6) is 0 Å². The Bertz CT molecular complexity index is 799. The van der Waals surface area contributed by atoms with Crippen LogP contribution >= 0.6 is 0 Å². The van der Waals surface area contributed by atoms with E-state index in [9.17, 15) is 8.42 Å². The van der Waals surface area contributed by atoms with Crippen molar-refractivity contribution >= 4 is 9.84 Å². The quantitative estimate of drug-likeness (QED) is 0.849. The number of sulfone groups is 1. The number of nitrogens with zero attached hydrogens (tertiary/aromatic N) is 2. The predicted octanol–water partition coefficient (Wildman–Crippen LogP) is 3.77. The minimum Gasteiger partial charge on any atom is -0.339 e. The van der Waals surface area contributed by atoms with Crippen LogP contribution in [0.2, 0.25) is 0 Å². The van der Waals surface area contributed by atoms with Gasteiger partial charge in [-0.2, -0.15) is 4.98 Å². The van der Waals surface area contributed by atoms with Crippen LogP contribution in [0.15, 0.2) is 27.6 Å². The van der Waals surface area contributed by atoms with Crippen molar-refractivity contribution in [2.24, 2.45) is 0 Å². The third-order valence-corrected chi connectivity index (χ3v) is 5.43. The molecule has 0 atom stereocenters. The lowest BCUT2D eigenvalue weighted by atomic mass is 9.87. The summed E-state index contributed by atoms with van der Waals surface area (Å²) in [4.78, 5) is 4.50. The van der Waals surface area contributed by atoms with E-state index in [0.717, 1.165) is 11.1 Å². The lowest BCUT2D eigenvalue weighted by Gasteiger charge is -2.20. The van der Waals surface area contributed by atoms with Crippen LogP contribution in [0, 0.1) is 6.92 Å². The summed E-state index contributed by atoms with van der Waals surface area (Å²) in [5.74, 6) is 0.479. The van der Waals surface area contributed by atoms with Crippen LogP contribution < -0.4 is 0 Å². The number of aromatic nitrogens is 2. The molecule has 126 valence electrons. The normalized spacial score (nSPS) is 12.8. The largest absolute Gasteiger partial charge is 0.339 e.